The molecule has 0 saturated carbocycles. The molecule has 1 N–H and O–H groups in total. The molecule has 28 heavy (non-hydrogen) atoms. The highest BCUT2D eigenvalue weighted by atomic mass is 35.5. The minimum atomic E-state index is -3.65. The molecule has 4 rings (SSSR count). The number of anilines is 1. The zero-order chi connectivity index (χ0) is 19.2. The lowest BCUT2D eigenvalue weighted by atomic mass is 10.1. The fourth-order valence-electron chi connectivity index (χ4n) is 4.27. The van der Waals surface area contributed by atoms with Gasteiger partial charge in [-0.3, -0.25) is 4.79 Å². The number of carbonyl (C=O) groups excluding carboxylic acids is 1. The predicted octanol–water partition coefficient (Wildman–Crippen LogP) is 3.00. The van der Waals surface area contributed by atoms with Gasteiger partial charge in [0.2, 0.25) is 10.0 Å². The maximum Gasteiger partial charge on any atom is 0.258 e. The summed E-state index contributed by atoms with van der Waals surface area (Å²) in [6, 6.07) is 8.79. The summed E-state index contributed by atoms with van der Waals surface area (Å²) < 4.78 is 29.0. The van der Waals surface area contributed by atoms with E-state index in [1.807, 2.05) is 13.0 Å². The third-order valence-electron chi connectivity index (χ3n) is 5.62. The van der Waals surface area contributed by atoms with Crippen molar-refractivity contribution in [2.24, 2.45) is 0 Å². The monoisotopic (exact) mass is 423 g/mol. The molecule has 0 atom stereocenters. The summed E-state index contributed by atoms with van der Waals surface area (Å²) in [6.45, 7) is 4.19. The number of benzene rings is 2. The minimum absolute atomic E-state index is 0. The molecule has 0 radical (unpaired) electrons. The number of hydrogen-bond donors (Lipinski definition) is 1. The van der Waals surface area contributed by atoms with Crippen LogP contribution in [0.2, 0.25) is 0 Å². The van der Waals surface area contributed by atoms with E-state index in [-0.39, 0.29) is 24.4 Å². The van der Waals surface area contributed by atoms with Gasteiger partial charge < -0.3 is 10.2 Å². The van der Waals surface area contributed by atoms with Crippen molar-refractivity contribution in [1.82, 2.24) is 9.62 Å². The smallest absolute Gasteiger partial charge is 0.258 e. The summed E-state index contributed by atoms with van der Waals surface area (Å²) in [6.07, 6.45) is 2.41. The molecule has 6 nitrogen and oxygen atoms in total. The number of amides is 1. The fourth-order valence-corrected chi connectivity index (χ4v) is 6.24. The van der Waals surface area contributed by atoms with Gasteiger partial charge in [0.25, 0.3) is 5.91 Å². The Morgan fingerprint density at radius 1 is 1.18 bits per heavy atom. The molecule has 0 unspecified atom stereocenters. The Bertz CT molecular complexity index is 1000. The second-order valence-corrected chi connectivity index (χ2v) is 9.13. The van der Waals surface area contributed by atoms with E-state index in [1.54, 1.807) is 40.5 Å². The summed E-state index contributed by atoms with van der Waals surface area (Å²) in [5.74, 6) is -0.0890. The molecule has 1 fully saturated rings. The SMILES string of the molecule is CCCN(C1CCNCC1)S(=O)(=O)c1ccc2c3c(cccc13)C(=O)N2C.Cl. The Hall–Kier alpha value is -1.67. The van der Waals surface area contributed by atoms with Crippen molar-refractivity contribution in [3.8, 4) is 0 Å². The highest BCUT2D eigenvalue weighted by Gasteiger charge is 2.35. The van der Waals surface area contributed by atoms with Crippen LogP contribution >= 0.6 is 12.4 Å². The molecule has 0 spiro atoms. The van der Waals surface area contributed by atoms with Gasteiger partial charge in [0.1, 0.15) is 0 Å². The second-order valence-electron chi connectivity index (χ2n) is 7.27. The van der Waals surface area contributed by atoms with Gasteiger partial charge in [-0.15, -0.1) is 12.4 Å². The quantitative estimate of drug-likeness (QED) is 0.802. The summed E-state index contributed by atoms with van der Waals surface area (Å²) in [5.41, 5.74) is 1.35. The summed E-state index contributed by atoms with van der Waals surface area (Å²) in [5, 5.41) is 4.68. The van der Waals surface area contributed by atoms with E-state index >= 15 is 0 Å². The van der Waals surface area contributed by atoms with E-state index in [1.165, 1.54) is 0 Å². The van der Waals surface area contributed by atoms with Gasteiger partial charge in [0, 0.05) is 36.0 Å². The molecule has 2 aliphatic rings. The van der Waals surface area contributed by atoms with Crippen LogP contribution in [0.15, 0.2) is 35.2 Å². The van der Waals surface area contributed by atoms with Crippen LogP contribution in [0.25, 0.3) is 10.8 Å². The zero-order valence-corrected chi connectivity index (χ0v) is 17.8. The van der Waals surface area contributed by atoms with Gasteiger partial charge in [-0.1, -0.05) is 19.1 Å². The van der Waals surface area contributed by atoms with Crippen LogP contribution in [0.4, 0.5) is 5.69 Å². The molecule has 2 heterocycles. The normalized spacial score (nSPS) is 17.4. The second kappa shape index (κ2) is 7.99. The van der Waals surface area contributed by atoms with Gasteiger partial charge in [-0.05, 0) is 50.6 Å². The van der Waals surface area contributed by atoms with Gasteiger partial charge in [0.15, 0.2) is 0 Å². The molecule has 1 saturated heterocycles. The highest BCUT2D eigenvalue weighted by Crippen LogP contribution is 2.40. The molecular weight excluding hydrogens is 398 g/mol. The van der Waals surface area contributed by atoms with Crippen molar-refractivity contribution in [2.45, 2.75) is 37.1 Å². The van der Waals surface area contributed by atoms with Crippen LogP contribution in [0.1, 0.15) is 36.5 Å². The summed E-state index contributed by atoms with van der Waals surface area (Å²) in [7, 11) is -1.93. The van der Waals surface area contributed by atoms with Crippen LogP contribution in [0, 0.1) is 0 Å². The van der Waals surface area contributed by atoms with Crippen LogP contribution in [0.3, 0.4) is 0 Å². The molecule has 0 aromatic heterocycles. The van der Waals surface area contributed by atoms with E-state index < -0.39 is 10.0 Å². The summed E-state index contributed by atoms with van der Waals surface area (Å²) >= 11 is 0. The number of hydrogen-bond acceptors (Lipinski definition) is 4. The van der Waals surface area contributed by atoms with E-state index in [2.05, 4.69) is 5.32 Å². The molecule has 0 aliphatic carbocycles. The lowest BCUT2D eigenvalue weighted by molar-refractivity contribution is 0.0999. The van der Waals surface area contributed by atoms with Gasteiger partial charge >= 0.3 is 0 Å². The van der Waals surface area contributed by atoms with Crippen LogP contribution in [-0.2, 0) is 10.0 Å². The molecule has 2 aromatic carbocycles. The molecule has 1 amide bonds. The van der Waals surface area contributed by atoms with Crippen LogP contribution in [0.5, 0.6) is 0 Å². The Kier molecular flexibility index (Phi) is 6.00. The van der Waals surface area contributed by atoms with Gasteiger partial charge in [-0.25, -0.2) is 8.42 Å². The number of sulfonamides is 1. The Balaban J connectivity index is 0.00000225. The molecule has 152 valence electrons. The van der Waals surface area contributed by atoms with Crippen molar-refractivity contribution in [3.05, 3.63) is 35.9 Å². The molecule has 2 aliphatic heterocycles. The third kappa shape index (κ3) is 3.20. The highest BCUT2D eigenvalue weighted by molar-refractivity contribution is 7.89. The first-order valence-electron chi connectivity index (χ1n) is 9.53. The van der Waals surface area contributed by atoms with Crippen molar-refractivity contribution >= 4 is 44.8 Å². The number of piperidine rings is 1. The topological polar surface area (TPSA) is 69.7 Å². The fraction of sp³-hybridized carbons (Fsp3) is 0.450. The predicted molar refractivity (Wildman–Crippen MR) is 114 cm³/mol. The Morgan fingerprint density at radius 2 is 1.89 bits per heavy atom. The number of nitrogens with zero attached hydrogens (tertiary/aromatic N) is 2. The van der Waals surface area contributed by atoms with Crippen LogP contribution in [-0.4, -0.2) is 51.4 Å². The average molecular weight is 424 g/mol. The van der Waals surface area contributed by atoms with Crippen molar-refractivity contribution in [1.29, 1.82) is 0 Å². The third-order valence-corrected chi connectivity index (χ3v) is 7.63. The molecule has 0 bridgehead atoms. The lowest BCUT2D eigenvalue weighted by Gasteiger charge is -2.34. The Morgan fingerprint density at radius 3 is 2.57 bits per heavy atom. The zero-order valence-electron chi connectivity index (χ0n) is 16.1. The van der Waals surface area contributed by atoms with Crippen molar-refractivity contribution < 1.29 is 13.2 Å². The van der Waals surface area contributed by atoms with Crippen molar-refractivity contribution in [2.75, 3.05) is 31.6 Å². The first kappa shape index (κ1) is 21.0. The van der Waals surface area contributed by atoms with Gasteiger partial charge in [-0.2, -0.15) is 4.31 Å². The lowest BCUT2D eigenvalue weighted by Crippen LogP contribution is -2.46. The van der Waals surface area contributed by atoms with E-state index in [0.717, 1.165) is 43.4 Å². The van der Waals surface area contributed by atoms with E-state index in [4.69, 9.17) is 0 Å². The average Bonchev–Trinajstić information content (AvgIpc) is 2.93. The van der Waals surface area contributed by atoms with E-state index in [9.17, 15) is 13.2 Å². The van der Waals surface area contributed by atoms with E-state index in [0.29, 0.717) is 22.4 Å². The standard InChI is InChI=1S/C20H25N3O3S.ClH/c1-3-13-23(14-9-11-21-12-10-14)27(25,26)18-8-7-17-19-15(18)5-4-6-16(19)20(24)22(17)2;/h4-8,14,21H,3,9-13H2,1-2H3;1H. The first-order valence-corrected chi connectivity index (χ1v) is 11.0. The maximum atomic E-state index is 13.6. The number of nitrogens with one attached hydrogen (secondary N) is 1. The largest absolute Gasteiger partial charge is 0.317 e. The number of halogens is 1. The summed E-state index contributed by atoms with van der Waals surface area (Å²) in [4.78, 5) is 14.4. The van der Waals surface area contributed by atoms with Gasteiger partial charge in [0.05, 0.1) is 10.6 Å². The maximum absolute atomic E-state index is 13.6. The van der Waals surface area contributed by atoms with Crippen LogP contribution < -0.4 is 10.2 Å². The molecule has 2 aromatic rings. The Labute approximate surface area is 172 Å². The number of rotatable bonds is 5. The number of carbonyl (C=O) groups is 1. The van der Waals surface area contributed by atoms with Crippen molar-refractivity contribution in [3.63, 3.8) is 0 Å². The first-order chi connectivity index (χ1) is 13.0. The molecule has 8 heteroatoms. The molecular formula is C20H26ClN3O3S. The minimum Gasteiger partial charge on any atom is -0.317 e.